The third kappa shape index (κ3) is 5.22. The van der Waals surface area contributed by atoms with Crippen LogP contribution in [0.1, 0.15) is 34.1 Å². The molecule has 76 valence electrons. The summed E-state index contributed by atoms with van der Waals surface area (Å²) >= 11 is 0. The van der Waals surface area contributed by atoms with Gasteiger partial charge in [-0.1, -0.05) is 6.92 Å². The summed E-state index contributed by atoms with van der Waals surface area (Å²) in [6, 6.07) is -0.600. The third-order valence-electron chi connectivity index (χ3n) is 1.60. The number of nitrogens with one attached hydrogen (secondary N) is 2. The van der Waals surface area contributed by atoms with Crippen molar-refractivity contribution in [1.82, 2.24) is 10.6 Å². The van der Waals surface area contributed by atoms with Gasteiger partial charge in [0, 0.05) is 12.5 Å². The normalized spacial score (nSPS) is 12.4. The monoisotopic (exact) mass is 186 g/mol. The van der Waals surface area contributed by atoms with Crippen molar-refractivity contribution in [3.8, 4) is 0 Å². The number of hydrogen-bond acceptors (Lipinski definition) is 2. The predicted molar refractivity (Wildman–Crippen MR) is 51.6 cm³/mol. The molecule has 0 aliphatic rings. The second-order valence-electron chi connectivity index (χ2n) is 3.31. The zero-order chi connectivity index (χ0) is 10.4. The smallest absolute Gasteiger partial charge is 0.315 e. The SMILES string of the molecule is CCC(=O)C(C)NC(=O)NC(C)C. The first-order chi connectivity index (χ1) is 5.97. The summed E-state index contributed by atoms with van der Waals surface area (Å²) in [5.74, 6) is 0.0407. The number of rotatable bonds is 4. The molecule has 0 spiro atoms. The van der Waals surface area contributed by atoms with E-state index in [1.165, 1.54) is 0 Å². The van der Waals surface area contributed by atoms with Gasteiger partial charge in [-0.05, 0) is 20.8 Å². The second kappa shape index (κ2) is 5.56. The van der Waals surface area contributed by atoms with Gasteiger partial charge in [-0.25, -0.2) is 4.79 Å². The van der Waals surface area contributed by atoms with Gasteiger partial charge in [0.1, 0.15) is 0 Å². The summed E-state index contributed by atoms with van der Waals surface area (Å²) in [4.78, 5) is 22.2. The molecule has 0 heterocycles. The Kier molecular flexibility index (Phi) is 5.11. The maximum atomic E-state index is 11.1. The highest BCUT2D eigenvalue weighted by Gasteiger charge is 2.13. The van der Waals surface area contributed by atoms with Gasteiger partial charge in [-0.3, -0.25) is 4.79 Å². The lowest BCUT2D eigenvalue weighted by Gasteiger charge is -2.14. The molecule has 1 unspecified atom stereocenters. The van der Waals surface area contributed by atoms with Crippen LogP contribution in [0.4, 0.5) is 4.79 Å². The molecule has 1 atom stereocenters. The minimum atomic E-state index is -0.399. The fourth-order valence-electron chi connectivity index (χ4n) is 0.887. The highest BCUT2D eigenvalue weighted by atomic mass is 16.2. The highest BCUT2D eigenvalue weighted by Crippen LogP contribution is 1.89. The van der Waals surface area contributed by atoms with Crippen LogP contribution < -0.4 is 10.6 Å². The minimum absolute atomic E-state index is 0.0407. The molecule has 0 aromatic heterocycles. The van der Waals surface area contributed by atoms with E-state index in [0.717, 1.165) is 0 Å². The summed E-state index contributed by atoms with van der Waals surface area (Å²) in [6.07, 6.45) is 0.448. The fourth-order valence-corrected chi connectivity index (χ4v) is 0.887. The molecule has 0 fully saturated rings. The molecule has 0 saturated heterocycles. The summed E-state index contributed by atoms with van der Waals surface area (Å²) in [6.45, 7) is 7.20. The van der Waals surface area contributed by atoms with E-state index in [1.807, 2.05) is 13.8 Å². The topological polar surface area (TPSA) is 58.2 Å². The van der Waals surface area contributed by atoms with Crippen molar-refractivity contribution < 1.29 is 9.59 Å². The first-order valence-corrected chi connectivity index (χ1v) is 4.57. The number of urea groups is 1. The average Bonchev–Trinajstić information content (AvgIpc) is 2.01. The Morgan fingerprint density at radius 3 is 2.08 bits per heavy atom. The van der Waals surface area contributed by atoms with Crippen LogP contribution in [0.3, 0.4) is 0 Å². The first-order valence-electron chi connectivity index (χ1n) is 4.57. The lowest BCUT2D eigenvalue weighted by molar-refractivity contribution is -0.120. The molecule has 0 radical (unpaired) electrons. The van der Waals surface area contributed by atoms with Crippen LogP contribution in [0.25, 0.3) is 0 Å². The van der Waals surface area contributed by atoms with Gasteiger partial charge in [0.2, 0.25) is 0 Å². The van der Waals surface area contributed by atoms with Crippen molar-refractivity contribution in [3.63, 3.8) is 0 Å². The lowest BCUT2D eigenvalue weighted by atomic mass is 10.2. The van der Waals surface area contributed by atoms with Crippen molar-refractivity contribution in [3.05, 3.63) is 0 Å². The van der Waals surface area contributed by atoms with Crippen LogP contribution in [0, 0.1) is 0 Å². The highest BCUT2D eigenvalue weighted by molar-refractivity contribution is 5.87. The van der Waals surface area contributed by atoms with Crippen LogP contribution in [-0.4, -0.2) is 23.9 Å². The average molecular weight is 186 g/mol. The molecular weight excluding hydrogens is 168 g/mol. The van der Waals surface area contributed by atoms with Crippen molar-refractivity contribution in [1.29, 1.82) is 0 Å². The molecule has 0 rings (SSSR count). The van der Waals surface area contributed by atoms with Gasteiger partial charge in [0.15, 0.2) is 5.78 Å². The van der Waals surface area contributed by atoms with E-state index < -0.39 is 6.04 Å². The van der Waals surface area contributed by atoms with Gasteiger partial charge in [0.05, 0.1) is 6.04 Å². The largest absolute Gasteiger partial charge is 0.336 e. The number of Topliss-reactive ketones (excluding diaryl/α,β-unsaturated/α-hetero) is 1. The maximum absolute atomic E-state index is 11.1. The van der Waals surface area contributed by atoms with Crippen molar-refractivity contribution >= 4 is 11.8 Å². The van der Waals surface area contributed by atoms with E-state index in [2.05, 4.69) is 10.6 Å². The van der Waals surface area contributed by atoms with Gasteiger partial charge in [0.25, 0.3) is 0 Å². The summed E-state index contributed by atoms with van der Waals surface area (Å²) in [5, 5.41) is 5.21. The quantitative estimate of drug-likeness (QED) is 0.689. The van der Waals surface area contributed by atoms with Gasteiger partial charge in [-0.2, -0.15) is 0 Å². The van der Waals surface area contributed by atoms with Crippen LogP contribution >= 0.6 is 0 Å². The number of carbonyl (C=O) groups is 2. The maximum Gasteiger partial charge on any atom is 0.315 e. The van der Waals surface area contributed by atoms with Crippen molar-refractivity contribution in [2.75, 3.05) is 0 Å². The Balaban J connectivity index is 3.85. The zero-order valence-corrected chi connectivity index (χ0v) is 8.68. The number of hydrogen-bond donors (Lipinski definition) is 2. The van der Waals surface area contributed by atoms with Crippen molar-refractivity contribution in [2.24, 2.45) is 0 Å². The van der Waals surface area contributed by atoms with E-state index in [4.69, 9.17) is 0 Å². The minimum Gasteiger partial charge on any atom is -0.336 e. The molecule has 0 aromatic rings. The summed E-state index contributed by atoms with van der Waals surface area (Å²) < 4.78 is 0. The van der Waals surface area contributed by atoms with E-state index >= 15 is 0 Å². The summed E-state index contributed by atoms with van der Waals surface area (Å²) in [5.41, 5.74) is 0. The lowest BCUT2D eigenvalue weighted by Crippen LogP contribution is -2.46. The molecule has 0 aromatic carbocycles. The molecule has 0 aliphatic heterocycles. The zero-order valence-electron chi connectivity index (χ0n) is 8.68. The fraction of sp³-hybridized carbons (Fsp3) is 0.778. The molecular formula is C9H18N2O2. The number of ketones is 1. The van der Waals surface area contributed by atoms with E-state index in [0.29, 0.717) is 6.42 Å². The molecule has 2 N–H and O–H groups in total. The van der Waals surface area contributed by atoms with Crippen LogP contribution in [0.15, 0.2) is 0 Å². The van der Waals surface area contributed by atoms with Crippen molar-refractivity contribution in [2.45, 2.75) is 46.2 Å². The molecule has 4 nitrogen and oxygen atoms in total. The summed E-state index contributed by atoms with van der Waals surface area (Å²) in [7, 11) is 0. The second-order valence-corrected chi connectivity index (χ2v) is 3.31. The van der Waals surface area contributed by atoms with Gasteiger partial charge >= 0.3 is 6.03 Å². The Bertz CT molecular complexity index is 190. The molecule has 0 aliphatic carbocycles. The van der Waals surface area contributed by atoms with E-state index in [1.54, 1.807) is 13.8 Å². The Labute approximate surface area is 79.1 Å². The Morgan fingerprint density at radius 1 is 1.15 bits per heavy atom. The molecule has 0 saturated carbocycles. The third-order valence-corrected chi connectivity index (χ3v) is 1.60. The predicted octanol–water partition coefficient (Wildman–Crippen LogP) is 1.06. The van der Waals surface area contributed by atoms with E-state index in [-0.39, 0.29) is 17.9 Å². The number of amides is 2. The first kappa shape index (κ1) is 11.9. The van der Waals surface area contributed by atoms with Gasteiger partial charge in [-0.15, -0.1) is 0 Å². The van der Waals surface area contributed by atoms with Crippen LogP contribution in [0.2, 0.25) is 0 Å². The molecule has 2 amide bonds. The molecule has 4 heteroatoms. The number of carbonyl (C=O) groups excluding carboxylic acids is 2. The molecule has 0 bridgehead atoms. The molecule has 13 heavy (non-hydrogen) atoms. The Hall–Kier alpha value is -1.06. The van der Waals surface area contributed by atoms with Crippen LogP contribution in [0.5, 0.6) is 0 Å². The van der Waals surface area contributed by atoms with E-state index in [9.17, 15) is 9.59 Å². The standard InChI is InChI=1S/C9H18N2O2/c1-5-8(12)7(4)11-9(13)10-6(2)3/h6-7H,5H2,1-4H3,(H2,10,11,13). The van der Waals surface area contributed by atoms with Gasteiger partial charge < -0.3 is 10.6 Å². The van der Waals surface area contributed by atoms with Crippen LogP contribution in [-0.2, 0) is 4.79 Å². The Morgan fingerprint density at radius 2 is 1.69 bits per heavy atom.